The summed E-state index contributed by atoms with van der Waals surface area (Å²) in [5, 5.41) is 1.05. The molecule has 0 unspecified atom stereocenters. The Bertz CT molecular complexity index is 462. The molecule has 1 aromatic heterocycles. The first-order chi connectivity index (χ1) is 6.75. The highest BCUT2D eigenvalue weighted by atomic mass is 16.5. The summed E-state index contributed by atoms with van der Waals surface area (Å²) < 4.78 is 5.16. The smallest absolute Gasteiger partial charge is 0.255 e. The molecular formula is C10H10N2O2. The van der Waals surface area contributed by atoms with E-state index < -0.39 is 5.91 Å². The molecule has 0 aliphatic carbocycles. The monoisotopic (exact) mass is 190 g/mol. The summed E-state index contributed by atoms with van der Waals surface area (Å²) in [5.41, 5.74) is 6.00. The Labute approximate surface area is 80.7 Å². The minimum absolute atomic E-state index is 0.0874. The number of amides is 1. The van der Waals surface area contributed by atoms with Crippen LogP contribution in [0.4, 0.5) is 0 Å². The summed E-state index contributed by atoms with van der Waals surface area (Å²) >= 11 is 0. The number of nitrogens with two attached hydrogens (primary N) is 1. The lowest BCUT2D eigenvalue weighted by Crippen LogP contribution is -2.19. The molecule has 0 aliphatic heterocycles. The molecule has 2 rings (SSSR count). The van der Waals surface area contributed by atoms with Gasteiger partial charge in [0.05, 0.1) is 0 Å². The SMILES string of the molecule is NC(=O)COc1ccc2[nH]ccc2c1. The van der Waals surface area contributed by atoms with Gasteiger partial charge in [0, 0.05) is 17.1 Å². The van der Waals surface area contributed by atoms with Crippen molar-refractivity contribution in [2.75, 3.05) is 6.61 Å². The molecule has 0 saturated carbocycles. The van der Waals surface area contributed by atoms with E-state index in [4.69, 9.17) is 10.5 Å². The van der Waals surface area contributed by atoms with E-state index in [0.717, 1.165) is 10.9 Å². The second-order valence-electron chi connectivity index (χ2n) is 2.98. The van der Waals surface area contributed by atoms with Gasteiger partial charge in [-0.3, -0.25) is 4.79 Å². The predicted octanol–water partition coefficient (Wildman–Crippen LogP) is 1.03. The van der Waals surface area contributed by atoms with E-state index >= 15 is 0 Å². The summed E-state index contributed by atoms with van der Waals surface area (Å²) in [7, 11) is 0. The number of aromatic amines is 1. The van der Waals surface area contributed by atoms with E-state index in [1.807, 2.05) is 24.4 Å². The number of H-pyrrole nitrogens is 1. The van der Waals surface area contributed by atoms with Crippen LogP contribution in [0.2, 0.25) is 0 Å². The van der Waals surface area contributed by atoms with Crippen molar-refractivity contribution in [2.45, 2.75) is 0 Å². The molecule has 3 N–H and O–H groups in total. The summed E-state index contributed by atoms with van der Waals surface area (Å²) in [6.07, 6.45) is 1.85. The average Bonchev–Trinajstić information content (AvgIpc) is 2.61. The standard InChI is InChI=1S/C10H10N2O2/c11-10(13)6-14-8-1-2-9-7(5-8)3-4-12-9/h1-5,12H,6H2,(H2,11,13). The number of hydrogen-bond acceptors (Lipinski definition) is 2. The lowest BCUT2D eigenvalue weighted by molar-refractivity contribution is -0.119. The van der Waals surface area contributed by atoms with Crippen LogP contribution in [0.25, 0.3) is 10.9 Å². The number of fused-ring (bicyclic) bond motifs is 1. The van der Waals surface area contributed by atoms with Crippen molar-refractivity contribution >= 4 is 16.8 Å². The first-order valence-electron chi connectivity index (χ1n) is 4.24. The number of benzene rings is 1. The summed E-state index contributed by atoms with van der Waals surface area (Å²) in [6.45, 7) is -0.0874. The summed E-state index contributed by atoms with van der Waals surface area (Å²) in [6, 6.07) is 7.48. The lowest BCUT2D eigenvalue weighted by Gasteiger charge is -2.02. The van der Waals surface area contributed by atoms with E-state index in [1.54, 1.807) is 6.07 Å². The van der Waals surface area contributed by atoms with Crippen molar-refractivity contribution in [3.63, 3.8) is 0 Å². The molecule has 14 heavy (non-hydrogen) atoms. The first kappa shape index (κ1) is 8.62. The molecule has 4 nitrogen and oxygen atoms in total. The Morgan fingerprint density at radius 2 is 2.29 bits per heavy atom. The van der Waals surface area contributed by atoms with E-state index in [1.165, 1.54) is 0 Å². The molecule has 0 bridgehead atoms. The third-order valence-electron chi connectivity index (χ3n) is 1.91. The van der Waals surface area contributed by atoms with Crippen molar-refractivity contribution in [1.29, 1.82) is 0 Å². The van der Waals surface area contributed by atoms with Crippen molar-refractivity contribution in [2.24, 2.45) is 5.73 Å². The van der Waals surface area contributed by atoms with E-state index in [2.05, 4.69) is 4.98 Å². The number of aromatic nitrogens is 1. The average molecular weight is 190 g/mol. The highest BCUT2D eigenvalue weighted by Gasteiger charge is 1.99. The fraction of sp³-hybridized carbons (Fsp3) is 0.100. The van der Waals surface area contributed by atoms with Crippen molar-refractivity contribution in [1.82, 2.24) is 4.98 Å². The van der Waals surface area contributed by atoms with Crippen molar-refractivity contribution < 1.29 is 9.53 Å². The molecule has 0 fully saturated rings. The van der Waals surface area contributed by atoms with E-state index in [9.17, 15) is 4.79 Å². The number of carbonyl (C=O) groups is 1. The van der Waals surface area contributed by atoms with Crippen LogP contribution in [0.3, 0.4) is 0 Å². The van der Waals surface area contributed by atoms with Crippen LogP contribution in [-0.2, 0) is 4.79 Å². The van der Waals surface area contributed by atoms with Gasteiger partial charge in [-0.25, -0.2) is 0 Å². The van der Waals surface area contributed by atoms with Crippen LogP contribution < -0.4 is 10.5 Å². The fourth-order valence-corrected chi connectivity index (χ4v) is 1.28. The molecule has 0 spiro atoms. The number of carbonyl (C=O) groups excluding carboxylic acids is 1. The summed E-state index contributed by atoms with van der Waals surface area (Å²) in [5.74, 6) is 0.176. The molecule has 72 valence electrons. The van der Waals surface area contributed by atoms with Crippen LogP contribution in [0, 0.1) is 0 Å². The largest absolute Gasteiger partial charge is 0.484 e. The minimum Gasteiger partial charge on any atom is -0.484 e. The highest BCUT2D eigenvalue weighted by Crippen LogP contribution is 2.19. The van der Waals surface area contributed by atoms with Gasteiger partial charge in [0.2, 0.25) is 0 Å². The molecular weight excluding hydrogens is 180 g/mol. The van der Waals surface area contributed by atoms with Crippen molar-refractivity contribution in [3.8, 4) is 5.75 Å². The van der Waals surface area contributed by atoms with Gasteiger partial charge in [0.1, 0.15) is 5.75 Å². The maximum Gasteiger partial charge on any atom is 0.255 e. The van der Waals surface area contributed by atoms with Gasteiger partial charge in [-0.1, -0.05) is 0 Å². The Morgan fingerprint density at radius 1 is 1.43 bits per heavy atom. The quantitative estimate of drug-likeness (QED) is 0.759. The second-order valence-corrected chi connectivity index (χ2v) is 2.98. The molecule has 1 amide bonds. The molecule has 1 heterocycles. The molecule has 1 aromatic carbocycles. The van der Waals surface area contributed by atoms with Crippen LogP contribution in [-0.4, -0.2) is 17.5 Å². The second kappa shape index (κ2) is 3.41. The van der Waals surface area contributed by atoms with Gasteiger partial charge in [-0.15, -0.1) is 0 Å². The predicted molar refractivity (Wildman–Crippen MR) is 53.0 cm³/mol. The maximum atomic E-state index is 10.5. The zero-order valence-corrected chi connectivity index (χ0v) is 7.49. The lowest BCUT2D eigenvalue weighted by atomic mass is 10.2. The third kappa shape index (κ3) is 1.69. The molecule has 4 heteroatoms. The molecule has 0 atom stereocenters. The van der Waals surface area contributed by atoms with Gasteiger partial charge in [-0.05, 0) is 24.3 Å². The van der Waals surface area contributed by atoms with Gasteiger partial charge in [-0.2, -0.15) is 0 Å². The minimum atomic E-state index is -0.473. The van der Waals surface area contributed by atoms with Gasteiger partial charge in [0.15, 0.2) is 6.61 Å². The van der Waals surface area contributed by atoms with Gasteiger partial charge < -0.3 is 15.5 Å². The van der Waals surface area contributed by atoms with Crippen LogP contribution in [0.15, 0.2) is 30.5 Å². The number of ether oxygens (including phenoxy) is 1. The molecule has 2 aromatic rings. The molecule has 0 aliphatic rings. The van der Waals surface area contributed by atoms with Crippen LogP contribution in [0.5, 0.6) is 5.75 Å². The zero-order chi connectivity index (χ0) is 9.97. The zero-order valence-electron chi connectivity index (χ0n) is 7.49. The molecule has 0 saturated heterocycles. The maximum absolute atomic E-state index is 10.5. The normalized spacial score (nSPS) is 10.3. The number of nitrogens with one attached hydrogen (secondary N) is 1. The van der Waals surface area contributed by atoms with Crippen LogP contribution in [0.1, 0.15) is 0 Å². The summed E-state index contributed by atoms with van der Waals surface area (Å²) in [4.78, 5) is 13.5. The first-order valence-corrected chi connectivity index (χ1v) is 4.24. The van der Waals surface area contributed by atoms with Crippen molar-refractivity contribution in [3.05, 3.63) is 30.5 Å². The Balaban J connectivity index is 2.21. The molecule has 0 radical (unpaired) electrons. The topological polar surface area (TPSA) is 68.1 Å². The Kier molecular flexibility index (Phi) is 2.10. The van der Waals surface area contributed by atoms with E-state index in [-0.39, 0.29) is 6.61 Å². The van der Waals surface area contributed by atoms with Crippen LogP contribution >= 0.6 is 0 Å². The number of primary amides is 1. The Morgan fingerprint density at radius 3 is 3.07 bits per heavy atom. The Hall–Kier alpha value is -1.97. The number of rotatable bonds is 3. The highest BCUT2D eigenvalue weighted by molar-refractivity contribution is 5.81. The fourth-order valence-electron chi connectivity index (χ4n) is 1.28. The van der Waals surface area contributed by atoms with Gasteiger partial charge in [0.25, 0.3) is 5.91 Å². The van der Waals surface area contributed by atoms with E-state index in [0.29, 0.717) is 5.75 Å². The number of hydrogen-bond donors (Lipinski definition) is 2. The van der Waals surface area contributed by atoms with Gasteiger partial charge >= 0.3 is 0 Å². The third-order valence-corrected chi connectivity index (χ3v) is 1.91.